The normalized spacial score (nSPS) is 19.0. The zero-order valence-electron chi connectivity index (χ0n) is 55.3. The lowest BCUT2D eigenvalue weighted by Gasteiger charge is -2.34. The molecule has 12 amide bonds. The Balaban J connectivity index is 1.12. The molecule has 0 saturated carbocycles. The lowest BCUT2D eigenvalue weighted by molar-refractivity contribution is -0.148. The zero-order chi connectivity index (χ0) is 72.1. The summed E-state index contributed by atoms with van der Waals surface area (Å²) >= 11 is 1.32. The molecule has 98 heavy (non-hydrogen) atoms. The van der Waals surface area contributed by atoms with Crippen molar-refractivity contribution in [3.05, 3.63) is 77.9 Å². The summed E-state index contributed by atoms with van der Waals surface area (Å²) in [6, 6.07) is -5.62. The van der Waals surface area contributed by atoms with Crippen LogP contribution in [0.4, 0.5) is 0 Å². The van der Waals surface area contributed by atoms with Crippen LogP contribution in [0.1, 0.15) is 102 Å². The first-order valence-electron chi connectivity index (χ1n) is 32.4. The van der Waals surface area contributed by atoms with Crippen LogP contribution in [0.5, 0.6) is 11.5 Å². The third-order valence-corrected chi connectivity index (χ3v) is 17.9. The number of carboxylic acids is 1. The standard InChI is InChI=1S/C64H91N15O18S/c1-33(2)51(66)63(95)79-25-8-11-49(79)62(94)78-24-7-10-48(78)59(91)73-44(29-38-30-67-32-68-38)61(93)77-23-6-9-47(77)58(90)71-42(22-26-98-5)55(87)76-52(35(4)81)60(92)72-43(27-36-12-16-39(82)17-13-36)56(88)75-46(31-80)57(89)69-34(3)53(85)70-41(20-21-50(65)84)54(86)74-45(64(96)97)28-37-14-18-40(83)19-15-37/h12-19,30,32-35,41-49,51-52,80-83H,6-11,20-29,31,66H2,1-5H3,(H2,65,84)(H,67,68)(H,69,89)(H,70,85)(H,71,90)(H,72,92)(H,73,91)(H,74,86)(H,75,88)(H,76,87)(H,96,97)/t34-,35+,41-,42-,43-,44-,45-,46-,47-,48-,49-,51-,52-/m0/s1. The van der Waals surface area contributed by atoms with Crippen molar-refractivity contribution in [2.45, 2.75) is 183 Å². The van der Waals surface area contributed by atoms with Crippen molar-refractivity contribution in [2.75, 3.05) is 38.2 Å². The molecular weight excluding hydrogens is 1300 g/mol. The fraction of sp³-hybridized carbons (Fsp3) is 0.562. The SMILES string of the molecule is CSCC[C@H](NC(=O)[C@@H]1CCCN1C(=O)[C@H](Cc1cnc[nH]1)NC(=O)[C@@H]1CCCN1C(=O)[C@@H]1CCCN1C(=O)[C@@H](N)C(C)C)C(=O)N[C@H](C(=O)N[C@@H](Cc1ccc(O)cc1)C(=O)N[C@@H](CO)C(=O)N[C@@H](C)C(=O)N[C@@H](CCC(N)=O)C(=O)N[C@@H](Cc1ccc(O)cc1)C(=O)O)[C@@H](C)O. The monoisotopic (exact) mass is 1390 g/mol. The number of nitrogens with two attached hydrogens (primary N) is 2. The Bertz CT molecular complexity index is 3310. The molecule has 13 atom stereocenters. The van der Waals surface area contributed by atoms with Gasteiger partial charge in [0.15, 0.2) is 0 Å². The first kappa shape index (κ1) is 77.6. The van der Waals surface area contributed by atoms with E-state index in [2.05, 4.69) is 52.5 Å². The molecular formula is C64H91N15O18S. The highest BCUT2D eigenvalue weighted by molar-refractivity contribution is 7.98. The number of imidazole rings is 1. The fourth-order valence-electron chi connectivity index (χ4n) is 11.7. The number of carbonyl (C=O) groups is 13. The number of phenolic OH excluding ortho intramolecular Hbond substituents is 2. The lowest BCUT2D eigenvalue weighted by Crippen LogP contribution is -2.62. The maximum atomic E-state index is 14.8. The largest absolute Gasteiger partial charge is 0.508 e. The molecule has 18 N–H and O–H groups in total. The topological polar surface area (TPSA) is 510 Å². The number of nitrogens with one attached hydrogen (secondary N) is 9. The van der Waals surface area contributed by atoms with Crippen LogP contribution in [0.15, 0.2) is 61.1 Å². The van der Waals surface area contributed by atoms with E-state index in [4.69, 9.17) is 11.5 Å². The molecule has 3 aromatic rings. The highest BCUT2D eigenvalue weighted by Gasteiger charge is 2.46. The number of aliphatic carboxylic acids is 1. The molecule has 6 rings (SSSR count). The van der Waals surface area contributed by atoms with Gasteiger partial charge in [-0.25, -0.2) is 9.78 Å². The van der Waals surface area contributed by atoms with E-state index in [-0.39, 0.29) is 80.7 Å². The van der Waals surface area contributed by atoms with E-state index < -0.39 is 169 Å². The van der Waals surface area contributed by atoms with Crippen molar-refractivity contribution in [2.24, 2.45) is 17.4 Å². The molecule has 3 fully saturated rings. The third kappa shape index (κ3) is 21.8. The van der Waals surface area contributed by atoms with Gasteiger partial charge in [-0.1, -0.05) is 38.1 Å². The zero-order valence-corrected chi connectivity index (χ0v) is 56.1. The number of aromatic amines is 1. The van der Waals surface area contributed by atoms with Gasteiger partial charge in [0.1, 0.15) is 78.0 Å². The van der Waals surface area contributed by atoms with Crippen molar-refractivity contribution < 1.29 is 87.9 Å². The Hall–Kier alpha value is -9.41. The quantitative estimate of drug-likeness (QED) is 0.0268. The predicted molar refractivity (Wildman–Crippen MR) is 352 cm³/mol. The fourth-order valence-corrected chi connectivity index (χ4v) is 12.1. The molecule has 3 aliphatic rings. The van der Waals surface area contributed by atoms with Crippen LogP contribution in [0, 0.1) is 5.92 Å². The number of hydrogen-bond acceptors (Lipinski definition) is 20. The molecule has 34 heteroatoms. The molecule has 0 aliphatic carbocycles. The molecule has 536 valence electrons. The number of primary amides is 1. The lowest BCUT2D eigenvalue weighted by atomic mass is 10.0. The van der Waals surface area contributed by atoms with Gasteiger partial charge >= 0.3 is 5.97 Å². The number of phenols is 2. The van der Waals surface area contributed by atoms with E-state index in [1.807, 2.05) is 13.8 Å². The number of aromatic hydroxyl groups is 2. The van der Waals surface area contributed by atoms with Crippen molar-refractivity contribution in [1.29, 1.82) is 0 Å². The summed E-state index contributed by atoms with van der Waals surface area (Å²) < 4.78 is 0. The van der Waals surface area contributed by atoms with E-state index in [1.165, 1.54) is 94.4 Å². The number of carboxylic acid groups (broad SMARTS) is 1. The van der Waals surface area contributed by atoms with E-state index >= 15 is 0 Å². The summed E-state index contributed by atoms with van der Waals surface area (Å²) in [5.74, 6) is -11.7. The van der Waals surface area contributed by atoms with Crippen LogP contribution in [0.2, 0.25) is 0 Å². The summed E-state index contributed by atoms with van der Waals surface area (Å²) in [4.78, 5) is 190. The maximum Gasteiger partial charge on any atom is 0.326 e. The molecule has 2 aromatic carbocycles. The first-order chi connectivity index (χ1) is 46.5. The molecule has 0 radical (unpaired) electrons. The van der Waals surface area contributed by atoms with Crippen LogP contribution < -0.4 is 54.0 Å². The Morgan fingerprint density at radius 3 is 1.59 bits per heavy atom. The molecule has 3 aliphatic heterocycles. The van der Waals surface area contributed by atoms with Gasteiger partial charge in [0.2, 0.25) is 70.9 Å². The van der Waals surface area contributed by atoms with E-state index in [9.17, 15) is 87.9 Å². The minimum Gasteiger partial charge on any atom is -0.508 e. The molecule has 0 bridgehead atoms. The second-order valence-corrected chi connectivity index (χ2v) is 26.0. The van der Waals surface area contributed by atoms with Crippen molar-refractivity contribution >= 4 is 88.6 Å². The Morgan fingerprint density at radius 1 is 0.582 bits per heavy atom. The number of nitrogens with zero attached hydrogens (tertiary/aromatic N) is 4. The van der Waals surface area contributed by atoms with Gasteiger partial charge in [-0.2, -0.15) is 11.8 Å². The predicted octanol–water partition coefficient (Wildman–Crippen LogP) is -3.82. The average Bonchev–Trinajstić information content (AvgIpc) is 1.62. The minimum atomic E-state index is -1.84. The van der Waals surface area contributed by atoms with Crippen molar-refractivity contribution in [1.82, 2.24) is 67.2 Å². The average molecular weight is 1390 g/mol. The van der Waals surface area contributed by atoms with Gasteiger partial charge in [0.25, 0.3) is 0 Å². The number of aromatic nitrogens is 2. The van der Waals surface area contributed by atoms with Crippen LogP contribution in [0.25, 0.3) is 0 Å². The first-order valence-corrected chi connectivity index (χ1v) is 33.8. The number of benzene rings is 2. The summed E-state index contributed by atoms with van der Waals surface area (Å²) in [7, 11) is 0. The van der Waals surface area contributed by atoms with E-state index in [0.29, 0.717) is 49.0 Å². The maximum absolute atomic E-state index is 14.8. The highest BCUT2D eigenvalue weighted by atomic mass is 32.2. The third-order valence-electron chi connectivity index (χ3n) is 17.3. The van der Waals surface area contributed by atoms with Gasteiger partial charge < -0.3 is 99.2 Å². The Kier molecular flexibility index (Phi) is 29.1. The summed E-state index contributed by atoms with van der Waals surface area (Å²) in [5, 5.41) is 70.8. The van der Waals surface area contributed by atoms with Gasteiger partial charge in [-0.3, -0.25) is 57.5 Å². The van der Waals surface area contributed by atoms with Gasteiger partial charge in [0.05, 0.1) is 25.1 Å². The number of H-pyrrole nitrogens is 1. The van der Waals surface area contributed by atoms with Crippen molar-refractivity contribution in [3.8, 4) is 11.5 Å². The molecule has 0 unspecified atom stereocenters. The van der Waals surface area contributed by atoms with Crippen LogP contribution in [0.3, 0.4) is 0 Å². The van der Waals surface area contributed by atoms with Crippen LogP contribution >= 0.6 is 11.8 Å². The van der Waals surface area contributed by atoms with Gasteiger partial charge in [-0.05, 0) is 119 Å². The Labute approximate surface area is 569 Å². The number of carbonyl (C=O) groups excluding carboxylic acids is 12. The Morgan fingerprint density at radius 2 is 1.06 bits per heavy atom. The number of aliphatic hydroxyl groups is 2. The summed E-state index contributed by atoms with van der Waals surface area (Å²) in [6.45, 7) is 5.50. The van der Waals surface area contributed by atoms with Crippen LogP contribution in [-0.4, -0.2) is 244 Å². The molecule has 1 aromatic heterocycles. The summed E-state index contributed by atoms with van der Waals surface area (Å²) in [6.07, 6.45) is 3.52. The number of aliphatic hydroxyl groups excluding tert-OH is 2. The highest BCUT2D eigenvalue weighted by Crippen LogP contribution is 2.28. The molecule has 33 nitrogen and oxygen atoms in total. The van der Waals surface area contributed by atoms with Gasteiger partial charge in [0, 0.05) is 57.2 Å². The molecule has 0 spiro atoms. The van der Waals surface area contributed by atoms with Crippen LogP contribution in [-0.2, 0) is 81.6 Å². The number of rotatable bonds is 35. The van der Waals surface area contributed by atoms with Gasteiger partial charge in [-0.15, -0.1) is 0 Å². The van der Waals surface area contributed by atoms with Crippen molar-refractivity contribution in [3.63, 3.8) is 0 Å². The number of thioether (sulfide) groups is 1. The number of hydrogen-bond donors (Lipinski definition) is 16. The summed E-state index contributed by atoms with van der Waals surface area (Å²) in [5.41, 5.74) is 12.7. The van der Waals surface area contributed by atoms with E-state index in [0.717, 1.165) is 6.92 Å². The second kappa shape index (κ2) is 36.8. The second-order valence-electron chi connectivity index (χ2n) is 25.0. The van der Waals surface area contributed by atoms with E-state index in [1.54, 1.807) is 6.26 Å². The molecule has 4 heterocycles. The minimum absolute atomic E-state index is 0.0296. The number of amides is 12. The number of likely N-dealkylation sites (tertiary alicyclic amines) is 3. The molecule has 3 saturated heterocycles. The smallest absolute Gasteiger partial charge is 0.326 e.